The minimum absolute atomic E-state index is 0. The normalized spacial score (nSPS) is 21.0. The molecular weight excluding hydrogens is 311 g/mol. The number of nitrogens with zero attached hydrogens (tertiary/aromatic N) is 1. The molecule has 0 saturated carbocycles. The van der Waals surface area contributed by atoms with Crippen molar-refractivity contribution in [3.63, 3.8) is 0 Å². The molecule has 0 aromatic heterocycles. The Hall–Kier alpha value is -0.970. The van der Waals surface area contributed by atoms with E-state index >= 15 is 0 Å². The van der Waals surface area contributed by atoms with Crippen LogP contribution >= 0.6 is 24.0 Å². The fourth-order valence-corrected chi connectivity index (χ4v) is 2.80. The summed E-state index contributed by atoms with van der Waals surface area (Å²) in [6.45, 7) is 3.83. The van der Waals surface area contributed by atoms with E-state index in [1.54, 1.807) is 12.1 Å². The zero-order valence-corrected chi connectivity index (χ0v) is 13.7. The lowest BCUT2D eigenvalue weighted by Crippen LogP contribution is -2.35. The third-order valence-electron chi connectivity index (χ3n) is 3.73. The SMILES string of the molecule is CC1CC(CN)CN1C(=O)CCOc1ccccc1Cl.Cl. The quantitative estimate of drug-likeness (QED) is 0.901. The van der Waals surface area contributed by atoms with Crippen LogP contribution in [0.5, 0.6) is 5.75 Å². The van der Waals surface area contributed by atoms with E-state index in [4.69, 9.17) is 22.1 Å². The monoisotopic (exact) mass is 332 g/mol. The Morgan fingerprint density at radius 3 is 2.81 bits per heavy atom. The molecule has 1 heterocycles. The Morgan fingerprint density at radius 2 is 2.19 bits per heavy atom. The van der Waals surface area contributed by atoms with E-state index in [1.807, 2.05) is 17.0 Å². The van der Waals surface area contributed by atoms with Gasteiger partial charge in [-0.1, -0.05) is 23.7 Å². The molecule has 1 fully saturated rings. The van der Waals surface area contributed by atoms with E-state index in [1.165, 1.54) is 0 Å². The Bertz CT molecular complexity index is 471. The molecule has 2 atom stereocenters. The maximum absolute atomic E-state index is 12.2. The van der Waals surface area contributed by atoms with Gasteiger partial charge in [-0.15, -0.1) is 12.4 Å². The van der Waals surface area contributed by atoms with Crippen LogP contribution in [0.25, 0.3) is 0 Å². The lowest BCUT2D eigenvalue weighted by molar-refractivity contribution is -0.132. The van der Waals surface area contributed by atoms with Gasteiger partial charge in [0.2, 0.25) is 5.91 Å². The number of carbonyl (C=O) groups excluding carboxylic acids is 1. The van der Waals surface area contributed by atoms with E-state index in [9.17, 15) is 4.79 Å². The molecule has 2 N–H and O–H groups in total. The summed E-state index contributed by atoms with van der Waals surface area (Å²) in [5, 5.41) is 0.567. The number of hydrogen-bond donors (Lipinski definition) is 1. The predicted molar refractivity (Wildman–Crippen MR) is 87.1 cm³/mol. The first-order valence-corrected chi connectivity index (χ1v) is 7.36. The van der Waals surface area contributed by atoms with Crippen LogP contribution in [0, 0.1) is 5.92 Å². The van der Waals surface area contributed by atoms with Crippen LogP contribution in [0.1, 0.15) is 19.8 Å². The molecule has 6 heteroatoms. The average Bonchev–Trinajstić information content (AvgIpc) is 2.82. The van der Waals surface area contributed by atoms with Gasteiger partial charge in [-0.2, -0.15) is 0 Å². The summed E-state index contributed by atoms with van der Waals surface area (Å²) in [6, 6.07) is 7.55. The molecule has 0 radical (unpaired) electrons. The molecule has 118 valence electrons. The van der Waals surface area contributed by atoms with E-state index < -0.39 is 0 Å². The second-order valence-corrected chi connectivity index (χ2v) is 5.67. The zero-order chi connectivity index (χ0) is 14.5. The van der Waals surface area contributed by atoms with Crippen molar-refractivity contribution in [2.75, 3.05) is 19.7 Å². The van der Waals surface area contributed by atoms with Crippen molar-refractivity contribution in [3.8, 4) is 5.75 Å². The van der Waals surface area contributed by atoms with Crippen molar-refractivity contribution < 1.29 is 9.53 Å². The van der Waals surface area contributed by atoms with E-state index in [-0.39, 0.29) is 24.4 Å². The molecule has 4 nitrogen and oxygen atoms in total. The summed E-state index contributed by atoms with van der Waals surface area (Å²) in [5.74, 6) is 1.18. The molecule has 2 unspecified atom stereocenters. The number of para-hydroxylation sites is 1. The van der Waals surface area contributed by atoms with Gasteiger partial charge in [0.15, 0.2) is 0 Å². The lowest BCUT2D eigenvalue weighted by atomic mass is 10.1. The molecule has 0 aliphatic carbocycles. The number of carbonyl (C=O) groups is 1. The standard InChI is InChI=1S/C15H21ClN2O2.ClH/c1-11-8-12(9-17)10-18(11)15(19)6-7-20-14-5-3-2-4-13(14)16;/h2-5,11-12H,6-10,17H2,1H3;1H. The van der Waals surface area contributed by atoms with Crippen molar-refractivity contribution in [1.29, 1.82) is 0 Å². The van der Waals surface area contributed by atoms with Crippen LogP contribution in [0.2, 0.25) is 5.02 Å². The van der Waals surface area contributed by atoms with Gasteiger partial charge in [0.05, 0.1) is 18.1 Å². The van der Waals surface area contributed by atoms with Crippen LogP contribution in [-0.2, 0) is 4.79 Å². The number of amides is 1. The number of nitrogens with two attached hydrogens (primary N) is 1. The van der Waals surface area contributed by atoms with Crippen LogP contribution in [0.4, 0.5) is 0 Å². The topological polar surface area (TPSA) is 55.6 Å². The minimum Gasteiger partial charge on any atom is -0.491 e. The summed E-state index contributed by atoms with van der Waals surface area (Å²) in [4.78, 5) is 14.1. The van der Waals surface area contributed by atoms with Gasteiger partial charge in [-0.05, 0) is 37.9 Å². The number of halogens is 2. The number of likely N-dealkylation sites (tertiary alicyclic amines) is 1. The highest BCUT2D eigenvalue weighted by Gasteiger charge is 2.31. The highest BCUT2D eigenvalue weighted by molar-refractivity contribution is 6.32. The molecule has 1 saturated heterocycles. The van der Waals surface area contributed by atoms with Crippen LogP contribution in [0.15, 0.2) is 24.3 Å². The smallest absolute Gasteiger partial charge is 0.226 e. The number of hydrogen-bond acceptors (Lipinski definition) is 3. The molecule has 1 amide bonds. The first kappa shape index (κ1) is 18.1. The van der Waals surface area contributed by atoms with Gasteiger partial charge < -0.3 is 15.4 Å². The number of benzene rings is 1. The Morgan fingerprint density at radius 1 is 1.48 bits per heavy atom. The van der Waals surface area contributed by atoms with Gasteiger partial charge in [-0.3, -0.25) is 4.79 Å². The summed E-state index contributed by atoms with van der Waals surface area (Å²) in [5.41, 5.74) is 5.67. The van der Waals surface area contributed by atoms with Gasteiger partial charge >= 0.3 is 0 Å². The molecule has 1 aliphatic heterocycles. The Balaban J connectivity index is 0.00000220. The van der Waals surface area contributed by atoms with Gasteiger partial charge in [-0.25, -0.2) is 0 Å². The molecule has 1 aliphatic rings. The van der Waals surface area contributed by atoms with Crippen LogP contribution < -0.4 is 10.5 Å². The molecule has 0 bridgehead atoms. The zero-order valence-electron chi connectivity index (χ0n) is 12.1. The van der Waals surface area contributed by atoms with Crippen molar-refractivity contribution in [3.05, 3.63) is 29.3 Å². The van der Waals surface area contributed by atoms with Gasteiger partial charge in [0.1, 0.15) is 5.75 Å². The molecule has 0 spiro atoms. The van der Waals surface area contributed by atoms with E-state index in [2.05, 4.69) is 6.92 Å². The molecular formula is C15H22Cl2N2O2. The molecule has 21 heavy (non-hydrogen) atoms. The maximum atomic E-state index is 12.2. The summed E-state index contributed by atoms with van der Waals surface area (Å²) in [7, 11) is 0. The second-order valence-electron chi connectivity index (χ2n) is 5.26. The predicted octanol–water partition coefficient (Wildman–Crippen LogP) is 2.73. The van der Waals surface area contributed by atoms with Crippen LogP contribution in [0.3, 0.4) is 0 Å². The minimum atomic E-state index is 0. The summed E-state index contributed by atoms with van der Waals surface area (Å²) >= 11 is 5.99. The maximum Gasteiger partial charge on any atom is 0.226 e. The Kier molecular flexibility index (Phi) is 7.29. The van der Waals surface area contributed by atoms with Gasteiger partial charge in [0, 0.05) is 12.6 Å². The lowest BCUT2D eigenvalue weighted by Gasteiger charge is -2.21. The first-order chi connectivity index (χ1) is 9.61. The highest BCUT2D eigenvalue weighted by Crippen LogP contribution is 2.24. The van der Waals surface area contributed by atoms with Crippen molar-refractivity contribution in [1.82, 2.24) is 4.90 Å². The Labute approximate surface area is 137 Å². The largest absolute Gasteiger partial charge is 0.491 e. The van der Waals surface area contributed by atoms with Crippen molar-refractivity contribution >= 4 is 29.9 Å². The molecule has 1 aromatic rings. The van der Waals surface area contributed by atoms with E-state index in [0.717, 1.165) is 13.0 Å². The highest BCUT2D eigenvalue weighted by atomic mass is 35.5. The fraction of sp³-hybridized carbons (Fsp3) is 0.533. The molecule has 1 aromatic carbocycles. The fourth-order valence-electron chi connectivity index (χ4n) is 2.61. The van der Waals surface area contributed by atoms with Crippen molar-refractivity contribution in [2.24, 2.45) is 11.7 Å². The second kappa shape index (κ2) is 8.47. The van der Waals surface area contributed by atoms with E-state index in [0.29, 0.717) is 36.3 Å². The third-order valence-corrected chi connectivity index (χ3v) is 4.04. The first-order valence-electron chi connectivity index (χ1n) is 6.98. The summed E-state index contributed by atoms with van der Waals surface area (Å²) in [6.07, 6.45) is 1.36. The third kappa shape index (κ3) is 4.77. The summed E-state index contributed by atoms with van der Waals surface area (Å²) < 4.78 is 5.55. The molecule has 2 rings (SSSR count). The van der Waals surface area contributed by atoms with Crippen molar-refractivity contribution in [2.45, 2.75) is 25.8 Å². The number of rotatable bonds is 5. The average molecular weight is 333 g/mol. The number of ether oxygens (including phenoxy) is 1. The van der Waals surface area contributed by atoms with Gasteiger partial charge in [0.25, 0.3) is 0 Å². The van der Waals surface area contributed by atoms with Crippen LogP contribution in [-0.4, -0.2) is 36.5 Å².